The van der Waals surface area contributed by atoms with Gasteiger partial charge in [0.2, 0.25) is 21.8 Å². The lowest BCUT2D eigenvalue weighted by Gasteiger charge is -2.33. The molecule has 0 unspecified atom stereocenters. The molecule has 33 heavy (non-hydrogen) atoms. The Morgan fingerprint density at radius 3 is 2.24 bits per heavy atom. The van der Waals surface area contributed by atoms with Crippen LogP contribution in [0.4, 0.5) is 5.69 Å². The number of anilines is 1. The van der Waals surface area contributed by atoms with Crippen LogP contribution < -0.4 is 9.62 Å². The van der Waals surface area contributed by atoms with E-state index < -0.39 is 28.5 Å². The number of nitrogens with zero attached hydrogens (tertiary/aromatic N) is 2. The Balaban J connectivity index is 2.41. The Morgan fingerprint density at radius 1 is 1.03 bits per heavy atom. The van der Waals surface area contributed by atoms with Gasteiger partial charge in [0.1, 0.15) is 12.6 Å². The van der Waals surface area contributed by atoms with E-state index in [4.69, 9.17) is 11.6 Å². The summed E-state index contributed by atoms with van der Waals surface area (Å²) in [5, 5.41) is 3.30. The van der Waals surface area contributed by atoms with Crippen LogP contribution in [0.1, 0.15) is 39.2 Å². The average Bonchev–Trinajstić information content (AvgIpc) is 2.76. The van der Waals surface area contributed by atoms with Crippen molar-refractivity contribution in [3.8, 4) is 0 Å². The summed E-state index contributed by atoms with van der Waals surface area (Å²) in [5.41, 5.74) is 1.13. The summed E-state index contributed by atoms with van der Waals surface area (Å²) in [5.74, 6) is -0.736. The minimum Gasteiger partial charge on any atom is -0.352 e. The number of nitrogens with one attached hydrogen (secondary N) is 1. The Hall–Kier alpha value is -2.58. The highest BCUT2D eigenvalue weighted by Crippen LogP contribution is 2.23. The third-order valence-corrected chi connectivity index (χ3v) is 6.73. The molecule has 0 saturated heterocycles. The highest BCUT2D eigenvalue weighted by molar-refractivity contribution is 7.92. The van der Waals surface area contributed by atoms with Gasteiger partial charge < -0.3 is 10.2 Å². The number of benzene rings is 2. The second-order valence-electron chi connectivity index (χ2n) is 8.00. The Kier molecular flexibility index (Phi) is 9.73. The fourth-order valence-corrected chi connectivity index (χ4v) is 4.41. The predicted octanol–water partition coefficient (Wildman–Crippen LogP) is 3.83. The normalized spacial score (nSPS) is 13.1. The molecule has 0 aliphatic heterocycles. The maximum absolute atomic E-state index is 13.5. The van der Waals surface area contributed by atoms with Crippen molar-refractivity contribution in [1.82, 2.24) is 10.2 Å². The maximum Gasteiger partial charge on any atom is 0.244 e. The van der Waals surface area contributed by atoms with Gasteiger partial charge in [-0.2, -0.15) is 0 Å². The van der Waals surface area contributed by atoms with Crippen LogP contribution in [-0.4, -0.2) is 50.0 Å². The molecule has 0 saturated carbocycles. The van der Waals surface area contributed by atoms with E-state index in [2.05, 4.69) is 5.32 Å². The number of hydrogen-bond acceptors (Lipinski definition) is 4. The predicted molar refractivity (Wildman–Crippen MR) is 133 cm³/mol. The summed E-state index contributed by atoms with van der Waals surface area (Å²) in [7, 11) is -3.79. The number of amides is 2. The van der Waals surface area contributed by atoms with Crippen molar-refractivity contribution in [3.63, 3.8) is 0 Å². The molecule has 2 aromatic carbocycles. The standard InChI is InChI=1S/C24H32ClN3O4S/c1-5-18(3)26-24(30)22(6-2)27(16-19-11-8-7-9-12-19)23(29)17-28(33(4,31)32)21-14-10-13-20(25)15-21/h7-15,18,22H,5-6,16-17H2,1-4H3,(H,26,30)/t18-,22+/m1/s1. The first-order chi connectivity index (χ1) is 15.6. The Bertz CT molecular complexity index is 1050. The zero-order valence-electron chi connectivity index (χ0n) is 19.5. The van der Waals surface area contributed by atoms with Crippen LogP contribution in [-0.2, 0) is 26.2 Å². The maximum atomic E-state index is 13.5. The number of carbonyl (C=O) groups excluding carboxylic acids is 2. The van der Waals surface area contributed by atoms with Crippen molar-refractivity contribution in [2.45, 2.75) is 52.2 Å². The molecule has 0 bridgehead atoms. The van der Waals surface area contributed by atoms with Gasteiger partial charge in [-0.05, 0) is 43.5 Å². The summed E-state index contributed by atoms with van der Waals surface area (Å²) in [6.45, 7) is 5.43. The van der Waals surface area contributed by atoms with Crippen molar-refractivity contribution < 1.29 is 18.0 Å². The first-order valence-electron chi connectivity index (χ1n) is 10.9. The summed E-state index contributed by atoms with van der Waals surface area (Å²) >= 11 is 6.05. The quantitative estimate of drug-likeness (QED) is 0.515. The minimum atomic E-state index is -3.79. The van der Waals surface area contributed by atoms with Gasteiger partial charge in [0.05, 0.1) is 11.9 Å². The molecule has 0 aromatic heterocycles. The van der Waals surface area contributed by atoms with E-state index in [1.807, 2.05) is 51.1 Å². The van der Waals surface area contributed by atoms with Gasteiger partial charge in [-0.25, -0.2) is 8.42 Å². The molecule has 0 spiro atoms. The molecule has 2 aromatic rings. The lowest BCUT2D eigenvalue weighted by Crippen LogP contribution is -2.53. The van der Waals surface area contributed by atoms with Gasteiger partial charge in [-0.3, -0.25) is 13.9 Å². The number of rotatable bonds is 11. The van der Waals surface area contributed by atoms with Crippen molar-refractivity contribution in [2.24, 2.45) is 0 Å². The Labute approximate surface area is 201 Å². The number of hydrogen-bond donors (Lipinski definition) is 1. The smallest absolute Gasteiger partial charge is 0.244 e. The fraction of sp³-hybridized carbons (Fsp3) is 0.417. The number of halogens is 1. The molecule has 0 radical (unpaired) electrons. The van der Waals surface area contributed by atoms with Gasteiger partial charge in [-0.1, -0.05) is 61.8 Å². The zero-order chi connectivity index (χ0) is 24.6. The van der Waals surface area contributed by atoms with E-state index in [-0.39, 0.29) is 24.2 Å². The number of sulfonamides is 1. The lowest BCUT2D eigenvalue weighted by atomic mass is 10.1. The fourth-order valence-electron chi connectivity index (χ4n) is 3.39. The van der Waals surface area contributed by atoms with Crippen LogP contribution in [0.5, 0.6) is 0 Å². The van der Waals surface area contributed by atoms with Crippen molar-refractivity contribution in [3.05, 3.63) is 65.2 Å². The van der Waals surface area contributed by atoms with Gasteiger partial charge >= 0.3 is 0 Å². The van der Waals surface area contributed by atoms with E-state index in [9.17, 15) is 18.0 Å². The van der Waals surface area contributed by atoms with Crippen LogP contribution in [0.15, 0.2) is 54.6 Å². The van der Waals surface area contributed by atoms with Gasteiger partial charge in [0, 0.05) is 17.6 Å². The van der Waals surface area contributed by atoms with Crippen LogP contribution >= 0.6 is 11.6 Å². The third-order valence-electron chi connectivity index (χ3n) is 5.36. The van der Waals surface area contributed by atoms with Crippen molar-refractivity contribution in [1.29, 1.82) is 0 Å². The van der Waals surface area contributed by atoms with Crippen molar-refractivity contribution in [2.75, 3.05) is 17.1 Å². The summed E-state index contributed by atoms with van der Waals surface area (Å²) in [6, 6.07) is 14.8. The average molecular weight is 494 g/mol. The molecule has 0 fully saturated rings. The van der Waals surface area contributed by atoms with E-state index in [0.29, 0.717) is 11.4 Å². The van der Waals surface area contributed by atoms with Crippen LogP contribution in [0, 0.1) is 0 Å². The van der Waals surface area contributed by atoms with Gasteiger partial charge in [0.25, 0.3) is 0 Å². The van der Waals surface area contributed by atoms with Gasteiger partial charge in [0.15, 0.2) is 0 Å². The van der Waals surface area contributed by atoms with Crippen molar-refractivity contribution >= 4 is 39.1 Å². The molecule has 2 atom stereocenters. The molecule has 0 heterocycles. The second kappa shape index (κ2) is 12.0. The molecule has 2 rings (SSSR count). The molecule has 7 nitrogen and oxygen atoms in total. The van der Waals surface area contributed by atoms with Crippen LogP contribution in [0.2, 0.25) is 5.02 Å². The molecule has 9 heteroatoms. The molecular formula is C24H32ClN3O4S. The summed E-state index contributed by atoms with van der Waals surface area (Å²) < 4.78 is 26.1. The summed E-state index contributed by atoms with van der Waals surface area (Å²) in [6.07, 6.45) is 2.18. The monoisotopic (exact) mass is 493 g/mol. The first-order valence-corrected chi connectivity index (χ1v) is 13.2. The molecule has 0 aliphatic rings. The lowest BCUT2D eigenvalue weighted by molar-refractivity contribution is -0.140. The minimum absolute atomic E-state index is 0.0424. The number of carbonyl (C=O) groups is 2. The molecule has 180 valence electrons. The highest BCUT2D eigenvalue weighted by Gasteiger charge is 2.32. The summed E-state index contributed by atoms with van der Waals surface area (Å²) in [4.78, 5) is 28.0. The molecule has 0 aliphatic carbocycles. The Morgan fingerprint density at radius 2 is 1.70 bits per heavy atom. The molecule has 2 amide bonds. The third kappa shape index (κ3) is 7.75. The second-order valence-corrected chi connectivity index (χ2v) is 10.3. The van der Waals surface area contributed by atoms with Gasteiger partial charge in [-0.15, -0.1) is 0 Å². The zero-order valence-corrected chi connectivity index (χ0v) is 21.1. The molecule has 1 N–H and O–H groups in total. The SMILES string of the molecule is CC[C@@H](C)NC(=O)[C@H](CC)N(Cc1ccccc1)C(=O)CN(c1cccc(Cl)c1)S(C)(=O)=O. The molecular weight excluding hydrogens is 462 g/mol. The van der Waals surface area contributed by atoms with E-state index in [1.54, 1.807) is 18.2 Å². The van der Waals surface area contributed by atoms with E-state index >= 15 is 0 Å². The topological polar surface area (TPSA) is 86.8 Å². The van der Waals surface area contributed by atoms with Crippen LogP contribution in [0.25, 0.3) is 0 Å². The van der Waals surface area contributed by atoms with Crippen LogP contribution in [0.3, 0.4) is 0 Å². The largest absolute Gasteiger partial charge is 0.352 e. The van der Waals surface area contributed by atoms with E-state index in [0.717, 1.165) is 22.5 Å². The highest BCUT2D eigenvalue weighted by atomic mass is 35.5. The van der Waals surface area contributed by atoms with E-state index in [1.165, 1.54) is 11.0 Å². The first kappa shape index (κ1) is 26.7.